The summed E-state index contributed by atoms with van der Waals surface area (Å²) < 4.78 is 2.05. The molecule has 6 nitrogen and oxygen atoms in total. The van der Waals surface area contributed by atoms with Gasteiger partial charge in [-0.2, -0.15) is 0 Å². The fourth-order valence-electron chi connectivity index (χ4n) is 4.07. The van der Waals surface area contributed by atoms with Gasteiger partial charge in [0.15, 0.2) is 0 Å². The van der Waals surface area contributed by atoms with Gasteiger partial charge in [0.1, 0.15) is 0 Å². The minimum Gasteiger partial charge on any atom is -0.369 e. The van der Waals surface area contributed by atoms with Crippen molar-refractivity contribution in [1.82, 2.24) is 14.5 Å². The van der Waals surface area contributed by atoms with Crippen molar-refractivity contribution < 1.29 is 9.59 Å². The normalized spacial score (nSPS) is 16.4. The number of carbonyl (C=O) groups is 2. The molecular formula is C24H26N4O2. The number of nitrogens with zero attached hydrogens (tertiary/aromatic N) is 3. The van der Waals surface area contributed by atoms with Crippen LogP contribution in [-0.2, 0) is 16.1 Å². The molecule has 1 fully saturated rings. The number of aryl methyl sites for hydroxylation is 1. The Kier molecular flexibility index (Phi) is 5.93. The molecule has 2 N–H and O–H groups in total. The van der Waals surface area contributed by atoms with Crippen LogP contribution in [0.2, 0.25) is 0 Å². The van der Waals surface area contributed by atoms with E-state index in [0.29, 0.717) is 26.1 Å². The molecule has 0 bridgehead atoms. The van der Waals surface area contributed by atoms with E-state index in [-0.39, 0.29) is 17.7 Å². The van der Waals surface area contributed by atoms with Gasteiger partial charge in [-0.15, -0.1) is 0 Å². The Morgan fingerprint density at radius 1 is 1.00 bits per heavy atom. The molecule has 6 heteroatoms. The molecule has 0 unspecified atom stereocenters. The Morgan fingerprint density at radius 2 is 1.67 bits per heavy atom. The lowest BCUT2D eigenvalue weighted by Gasteiger charge is -2.31. The molecule has 1 aliphatic rings. The summed E-state index contributed by atoms with van der Waals surface area (Å²) in [7, 11) is 0. The van der Waals surface area contributed by atoms with E-state index in [9.17, 15) is 9.59 Å². The molecule has 1 saturated heterocycles. The van der Waals surface area contributed by atoms with E-state index < -0.39 is 0 Å². The zero-order chi connectivity index (χ0) is 20.9. The number of hydrogen-bond acceptors (Lipinski definition) is 3. The Hall–Kier alpha value is -3.41. The summed E-state index contributed by atoms with van der Waals surface area (Å²) in [5.74, 6) is -0.503. The number of piperidine rings is 1. The molecule has 2 amide bonds. The zero-order valence-electron chi connectivity index (χ0n) is 16.9. The van der Waals surface area contributed by atoms with E-state index >= 15 is 0 Å². The number of hydrogen-bond donors (Lipinski definition) is 1. The van der Waals surface area contributed by atoms with Crippen LogP contribution in [0.15, 0.2) is 67.0 Å². The number of imidazole rings is 1. The first-order chi connectivity index (χ1) is 14.6. The van der Waals surface area contributed by atoms with E-state index in [1.54, 1.807) is 11.2 Å². The summed E-state index contributed by atoms with van der Waals surface area (Å²) in [6, 6.07) is 20.2. The first kappa shape index (κ1) is 19.9. The van der Waals surface area contributed by atoms with E-state index in [2.05, 4.69) is 17.1 Å². The molecule has 1 aromatic heterocycles. The van der Waals surface area contributed by atoms with Crippen LogP contribution in [0.1, 0.15) is 19.3 Å². The summed E-state index contributed by atoms with van der Waals surface area (Å²) in [4.78, 5) is 30.8. The van der Waals surface area contributed by atoms with Crippen LogP contribution in [-0.4, -0.2) is 39.4 Å². The zero-order valence-corrected chi connectivity index (χ0v) is 16.9. The van der Waals surface area contributed by atoms with Crippen LogP contribution in [0.3, 0.4) is 0 Å². The van der Waals surface area contributed by atoms with Gasteiger partial charge in [-0.1, -0.05) is 60.7 Å². The molecule has 0 spiro atoms. The van der Waals surface area contributed by atoms with E-state index in [1.807, 2.05) is 53.1 Å². The highest BCUT2D eigenvalue weighted by Gasteiger charge is 2.27. The minimum atomic E-state index is -0.319. The van der Waals surface area contributed by atoms with Crippen molar-refractivity contribution in [3.8, 4) is 22.5 Å². The predicted octanol–water partition coefficient (Wildman–Crippen LogP) is 3.33. The molecule has 4 rings (SSSR count). The summed E-state index contributed by atoms with van der Waals surface area (Å²) in [5, 5.41) is 0. The highest BCUT2D eigenvalue weighted by atomic mass is 16.2. The first-order valence-corrected chi connectivity index (χ1v) is 10.4. The van der Waals surface area contributed by atoms with Gasteiger partial charge in [0.2, 0.25) is 11.8 Å². The lowest BCUT2D eigenvalue weighted by molar-refractivity contribution is -0.135. The van der Waals surface area contributed by atoms with Crippen LogP contribution < -0.4 is 5.73 Å². The number of rotatable bonds is 6. The number of nitrogens with two attached hydrogens (primary N) is 1. The summed E-state index contributed by atoms with van der Waals surface area (Å²) in [5.41, 5.74) is 9.46. The van der Waals surface area contributed by atoms with E-state index in [1.165, 1.54) is 0 Å². The van der Waals surface area contributed by atoms with Gasteiger partial charge in [-0.25, -0.2) is 4.98 Å². The standard InChI is InChI=1S/C24H26N4O2/c25-24(30)20-12-7-14-27(16-20)21(29)13-15-28-17-26-22(18-8-3-1-4-9-18)23(28)19-10-5-2-6-11-19/h1-6,8-11,17,20H,7,12-16H2,(H2,25,30)/t20-/m0/s1. The number of benzene rings is 2. The molecule has 0 saturated carbocycles. The maximum Gasteiger partial charge on any atom is 0.224 e. The van der Waals surface area contributed by atoms with Gasteiger partial charge >= 0.3 is 0 Å². The van der Waals surface area contributed by atoms with E-state index in [0.717, 1.165) is 35.4 Å². The lowest BCUT2D eigenvalue weighted by atomic mass is 9.97. The second-order valence-corrected chi connectivity index (χ2v) is 7.70. The molecule has 30 heavy (non-hydrogen) atoms. The quantitative estimate of drug-likeness (QED) is 0.687. The molecule has 0 radical (unpaired) electrons. The van der Waals surface area contributed by atoms with Gasteiger partial charge in [0, 0.05) is 37.2 Å². The molecule has 2 aromatic carbocycles. The van der Waals surface area contributed by atoms with Gasteiger partial charge in [0.25, 0.3) is 0 Å². The largest absolute Gasteiger partial charge is 0.369 e. The smallest absolute Gasteiger partial charge is 0.224 e. The SMILES string of the molecule is NC(=O)[C@H]1CCCN(C(=O)CCn2cnc(-c3ccccc3)c2-c2ccccc2)C1. The topological polar surface area (TPSA) is 81.2 Å². The molecule has 1 atom stereocenters. The minimum absolute atomic E-state index is 0.0509. The van der Waals surface area contributed by atoms with E-state index in [4.69, 9.17) is 5.73 Å². The molecule has 0 aliphatic carbocycles. The molecule has 1 aliphatic heterocycles. The van der Waals surface area contributed by atoms with Gasteiger partial charge in [0.05, 0.1) is 23.6 Å². The van der Waals surface area contributed by atoms with Gasteiger partial charge in [-0.3, -0.25) is 9.59 Å². The molecule has 154 valence electrons. The van der Waals surface area contributed by atoms with Crippen molar-refractivity contribution in [2.24, 2.45) is 11.7 Å². The highest BCUT2D eigenvalue weighted by Crippen LogP contribution is 2.31. The van der Waals surface area contributed by atoms with Crippen molar-refractivity contribution in [3.05, 3.63) is 67.0 Å². The summed E-state index contributed by atoms with van der Waals surface area (Å²) in [6.07, 6.45) is 3.74. The van der Waals surface area contributed by atoms with Crippen molar-refractivity contribution in [3.63, 3.8) is 0 Å². The Bertz CT molecular complexity index is 1010. The molecule has 3 aromatic rings. The molecular weight excluding hydrogens is 376 g/mol. The average Bonchev–Trinajstić information content (AvgIpc) is 3.22. The third-order valence-electron chi connectivity index (χ3n) is 5.68. The molecule has 2 heterocycles. The van der Waals surface area contributed by atoms with Crippen LogP contribution in [0, 0.1) is 5.92 Å². The number of likely N-dealkylation sites (tertiary alicyclic amines) is 1. The lowest BCUT2D eigenvalue weighted by Crippen LogP contribution is -2.44. The predicted molar refractivity (Wildman–Crippen MR) is 116 cm³/mol. The fourth-order valence-corrected chi connectivity index (χ4v) is 4.07. The maximum atomic E-state index is 12.8. The van der Waals surface area contributed by atoms with Crippen molar-refractivity contribution in [2.75, 3.05) is 13.1 Å². The van der Waals surface area contributed by atoms with Crippen LogP contribution in [0.5, 0.6) is 0 Å². The highest BCUT2D eigenvalue weighted by molar-refractivity contribution is 5.81. The average molecular weight is 402 g/mol. The van der Waals surface area contributed by atoms with Crippen molar-refractivity contribution in [1.29, 1.82) is 0 Å². The monoisotopic (exact) mass is 402 g/mol. The number of carbonyl (C=O) groups excluding carboxylic acids is 2. The third-order valence-corrected chi connectivity index (χ3v) is 5.68. The fraction of sp³-hybridized carbons (Fsp3) is 0.292. The third kappa shape index (κ3) is 4.27. The Labute approximate surface area is 176 Å². The number of amides is 2. The van der Waals surface area contributed by atoms with Crippen LogP contribution in [0.25, 0.3) is 22.5 Å². The first-order valence-electron chi connectivity index (χ1n) is 10.4. The second kappa shape index (κ2) is 8.95. The second-order valence-electron chi connectivity index (χ2n) is 7.70. The van der Waals surface area contributed by atoms with Crippen molar-refractivity contribution >= 4 is 11.8 Å². The van der Waals surface area contributed by atoms with Crippen molar-refractivity contribution in [2.45, 2.75) is 25.8 Å². The van der Waals surface area contributed by atoms with Gasteiger partial charge < -0.3 is 15.2 Å². The number of primary amides is 1. The summed E-state index contributed by atoms with van der Waals surface area (Å²) >= 11 is 0. The summed E-state index contributed by atoms with van der Waals surface area (Å²) in [6.45, 7) is 1.65. The van der Waals surface area contributed by atoms with Crippen LogP contribution >= 0.6 is 0 Å². The number of aromatic nitrogens is 2. The maximum absolute atomic E-state index is 12.8. The Morgan fingerprint density at radius 3 is 2.33 bits per heavy atom. The Balaban J connectivity index is 1.55. The van der Waals surface area contributed by atoms with Crippen LogP contribution in [0.4, 0.5) is 0 Å². The van der Waals surface area contributed by atoms with Gasteiger partial charge in [-0.05, 0) is 12.8 Å².